The topological polar surface area (TPSA) is 89.4 Å². The van der Waals surface area contributed by atoms with Crippen LogP contribution in [0.3, 0.4) is 0 Å². The zero-order valence-corrected chi connectivity index (χ0v) is 17.6. The summed E-state index contributed by atoms with van der Waals surface area (Å²) in [5.41, 5.74) is 2.17. The number of sulfonamides is 1. The quantitative estimate of drug-likeness (QED) is 0.717. The van der Waals surface area contributed by atoms with Crippen molar-refractivity contribution in [3.8, 4) is 16.9 Å². The number of ether oxygens (including phenoxy) is 1. The van der Waals surface area contributed by atoms with Crippen molar-refractivity contribution in [2.45, 2.75) is 38.2 Å². The van der Waals surface area contributed by atoms with E-state index in [2.05, 4.69) is 16.6 Å². The number of hydrogen-bond donors (Lipinski definition) is 2. The second kappa shape index (κ2) is 8.73. The Balaban J connectivity index is 2.08. The van der Waals surface area contributed by atoms with E-state index in [1.54, 1.807) is 44.6 Å². The van der Waals surface area contributed by atoms with E-state index in [9.17, 15) is 13.2 Å². The zero-order chi connectivity index (χ0) is 21.0. The number of nitrogens with one attached hydrogen (secondary N) is 2. The van der Waals surface area contributed by atoms with E-state index in [1.165, 1.54) is 11.0 Å². The third-order valence-electron chi connectivity index (χ3n) is 5.07. The molecule has 1 aliphatic carbocycles. The second-order valence-electron chi connectivity index (χ2n) is 7.21. The average molecular weight is 418 g/mol. The maximum atomic E-state index is 12.2. The molecule has 0 saturated heterocycles. The lowest BCUT2D eigenvalue weighted by atomic mass is 9.97. The van der Waals surface area contributed by atoms with E-state index in [-0.39, 0.29) is 11.7 Å². The molecule has 3 rings (SSSR count). The molecule has 7 nitrogen and oxygen atoms in total. The minimum Gasteiger partial charge on any atom is -0.490 e. The monoisotopic (exact) mass is 417 g/mol. The van der Waals surface area contributed by atoms with Crippen LogP contribution in [0.15, 0.2) is 47.2 Å². The summed E-state index contributed by atoms with van der Waals surface area (Å²) in [6.45, 7) is 3.33. The first-order valence-corrected chi connectivity index (χ1v) is 11.2. The first-order valence-electron chi connectivity index (χ1n) is 9.67. The van der Waals surface area contributed by atoms with Gasteiger partial charge in [0, 0.05) is 42.5 Å². The SMILES string of the molecule is C=CS(=O)(=O)Nc1ccc(OC2CCCCC2)c(-c2cc(NC)c(=O)n(C)c2)c1. The molecule has 0 radical (unpaired) electrons. The Hall–Kier alpha value is -2.74. The van der Waals surface area contributed by atoms with Crippen molar-refractivity contribution >= 4 is 21.4 Å². The molecule has 0 spiro atoms. The maximum Gasteiger partial charge on any atom is 0.273 e. The van der Waals surface area contributed by atoms with Gasteiger partial charge in [0.1, 0.15) is 11.4 Å². The Morgan fingerprint density at radius 1 is 1.21 bits per heavy atom. The van der Waals surface area contributed by atoms with Gasteiger partial charge >= 0.3 is 0 Å². The van der Waals surface area contributed by atoms with Gasteiger partial charge in [0.25, 0.3) is 15.6 Å². The number of rotatable bonds is 7. The Morgan fingerprint density at radius 2 is 1.93 bits per heavy atom. The van der Waals surface area contributed by atoms with Crippen LogP contribution in [0.25, 0.3) is 11.1 Å². The summed E-state index contributed by atoms with van der Waals surface area (Å²) in [6, 6.07) is 6.91. The first kappa shape index (κ1) is 21.0. The lowest BCUT2D eigenvalue weighted by Gasteiger charge is -2.25. The van der Waals surface area contributed by atoms with Crippen molar-refractivity contribution in [3.05, 3.63) is 52.8 Å². The van der Waals surface area contributed by atoms with Crippen LogP contribution in [0, 0.1) is 0 Å². The molecular formula is C21H27N3O4S. The van der Waals surface area contributed by atoms with E-state index in [0.717, 1.165) is 36.7 Å². The van der Waals surface area contributed by atoms with Gasteiger partial charge in [-0.05, 0) is 49.9 Å². The highest BCUT2D eigenvalue weighted by molar-refractivity contribution is 7.95. The summed E-state index contributed by atoms with van der Waals surface area (Å²) in [6.07, 6.45) is 7.36. The highest BCUT2D eigenvalue weighted by atomic mass is 32.2. The van der Waals surface area contributed by atoms with Crippen molar-refractivity contribution < 1.29 is 13.2 Å². The zero-order valence-electron chi connectivity index (χ0n) is 16.8. The molecule has 2 N–H and O–H groups in total. The summed E-state index contributed by atoms with van der Waals surface area (Å²) < 4.78 is 34.1. The van der Waals surface area contributed by atoms with Gasteiger partial charge in [-0.3, -0.25) is 9.52 Å². The van der Waals surface area contributed by atoms with E-state index in [0.29, 0.717) is 22.7 Å². The highest BCUT2D eigenvalue weighted by Crippen LogP contribution is 2.35. The van der Waals surface area contributed by atoms with Gasteiger partial charge in [-0.1, -0.05) is 13.0 Å². The van der Waals surface area contributed by atoms with Gasteiger partial charge in [-0.2, -0.15) is 0 Å². The molecule has 8 heteroatoms. The van der Waals surface area contributed by atoms with Crippen LogP contribution in [0.4, 0.5) is 11.4 Å². The van der Waals surface area contributed by atoms with Crippen molar-refractivity contribution in [1.82, 2.24) is 4.57 Å². The van der Waals surface area contributed by atoms with Gasteiger partial charge in [-0.15, -0.1) is 0 Å². The van der Waals surface area contributed by atoms with Crippen molar-refractivity contribution in [2.24, 2.45) is 7.05 Å². The number of aromatic nitrogens is 1. The molecule has 0 atom stereocenters. The molecule has 1 fully saturated rings. The van der Waals surface area contributed by atoms with Crippen LogP contribution in [-0.2, 0) is 17.1 Å². The summed E-state index contributed by atoms with van der Waals surface area (Å²) in [7, 11) is -0.265. The Morgan fingerprint density at radius 3 is 2.59 bits per heavy atom. The predicted octanol–water partition coefficient (Wildman–Crippen LogP) is 3.69. The Kier molecular flexibility index (Phi) is 6.32. The molecular weight excluding hydrogens is 390 g/mol. The van der Waals surface area contributed by atoms with Crippen molar-refractivity contribution in [1.29, 1.82) is 0 Å². The normalized spacial score (nSPS) is 15.0. The third kappa shape index (κ3) is 5.00. The molecule has 1 heterocycles. The molecule has 2 aromatic rings. The van der Waals surface area contributed by atoms with Crippen LogP contribution >= 0.6 is 0 Å². The fourth-order valence-electron chi connectivity index (χ4n) is 3.53. The van der Waals surface area contributed by atoms with E-state index in [1.807, 2.05) is 0 Å². The average Bonchev–Trinajstić information content (AvgIpc) is 2.71. The van der Waals surface area contributed by atoms with Crippen LogP contribution < -0.4 is 20.3 Å². The lowest BCUT2D eigenvalue weighted by molar-refractivity contribution is 0.156. The van der Waals surface area contributed by atoms with E-state index >= 15 is 0 Å². The van der Waals surface area contributed by atoms with E-state index in [4.69, 9.17) is 4.74 Å². The summed E-state index contributed by atoms with van der Waals surface area (Å²) in [5.74, 6) is 0.666. The number of benzene rings is 1. The molecule has 0 amide bonds. The molecule has 1 aromatic carbocycles. The van der Waals surface area contributed by atoms with Crippen molar-refractivity contribution in [2.75, 3.05) is 17.1 Å². The number of anilines is 2. The van der Waals surface area contributed by atoms with Gasteiger partial charge in [0.05, 0.1) is 6.10 Å². The largest absolute Gasteiger partial charge is 0.490 e. The van der Waals surface area contributed by atoms with Crippen LogP contribution in [-0.4, -0.2) is 26.1 Å². The molecule has 0 aliphatic heterocycles. The highest BCUT2D eigenvalue weighted by Gasteiger charge is 2.19. The van der Waals surface area contributed by atoms with Gasteiger partial charge in [-0.25, -0.2) is 8.42 Å². The number of hydrogen-bond acceptors (Lipinski definition) is 5. The standard InChI is InChI=1S/C21H27N3O4S/c1-4-29(26,27)23-16-10-11-20(28-17-8-6-5-7-9-17)18(13-16)15-12-19(22-2)21(25)24(3)14-15/h4,10-14,17,22-23H,1,5-9H2,2-3H3. The molecule has 156 valence electrons. The minimum absolute atomic E-state index is 0.134. The minimum atomic E-state index is -3.63. The van der Waals surface area contributed by atoms with Crippen LogP contribution in [0.1, 0.15) is 32.1 Å². The molecule has 1 saturated carbocycles. The number of aryl methyl sites for hydroxylation is 1. The lowest BCUT2D eigenvalue weighted by Crippen LogP contribution is -2.21. The molecule has 0 unspecified atom stereocenters. The smallest absolute Gasteiger partial charge is 0.273 e. The Bertz CT molecular complexity index is 1050. The summed E-state index contributed by atoms with van der Waals surface area (Å²) in [4.78, 5) is 12.2. The fourth-order valence-corrected chi connectivity index (χ4v) is 4.07. The molecule has 0 bridgehead atoms. The second-order valence-corrected chi connectivity index (χ2v) is 8.84. The van der Waals surface area contributed by atoms with Crippen molar-refractivity contribution in [3.63, 3.8) is 0 Å². The molecule has 1 aliphatic rings. The Labute approximate surface area is 171 Å². The fraction of sp³-hybridized carbons (Fsp3) is 0.381. The van der Waals surface area contributed by atoms with Crippen LogP contribution in [0.2, 0.25) is 0 Å². The summed E-state index contributed by atoms with van der Waals surface area (Å²) >= 11 is 0. The van der Waals surface area contributed by atoms with Gasteiger partial charge < -0.3 is 14.6 Å². The number of nitrogens with zero attached hydrogens (tertiary/aromatic N) is 1. The van der Waals surface area contributed by atoms with Crippen LogP contribution in [0.5, 0.6) is 5.75 Å². The first-order chi connectivity index (χ1) is 13.8. The van der Waals surface area contributed by atoms with Gasteiger partial charge in [0.15, 0.2) is 0 Å². The van der Waals surface area contributed by atoms with E-state index < -0.39 is 10.0 Å². The third-order valence-corrected chi connectivity index (χ3v) is 6.03. The van der Waals surface area contributed by atoms with Gasteiger partial charge in [0.2, 0.25) is 0 Å². The number of pyridine rings is 1. The molecule has 1 aromatic heterocycles. The molecule has 29 heavy (non-hydrogen) atoms. The predicted molar refractivity (Wildman–Crippen MR) is 117 cm³/mol. The summed E-state index contributed by atoms with van der Waals surface area (Å²) in [5, 5.41) is 3.78. The maximum absolute atomic E-state index is 12.2.